The fourth-order valence-corrected chi connectivity index (χ4v) is 2.86. The van der Waals surface area contributed by atoms with Crippen LogP contribution in [0.5, 0.6) is 0 Å². The van der Waals surface area contributed by atoms with Crippen LogP contribution in [0, 0.1) is 17.2 Å². The zero-order chi connectivity index (χ0) is 10.7. The van der Waals surface area contributed by atoms with E-state index in [-0.39, 0.29) is 5.92 Å². The third kappa shape index (κ3) is 2.50. The smallest absolute Gasteiger partial charge is 0.0702 e. The van der Waals surface area contributed by atoms with E-state index in [9.17, 15) is 0 Å². The van der Waals surface area contributed by atoms with Crippen LogP contribution in [0.4, 0.5) is 0 Å². The summed E-state index contributed by atoms with van der Waals surface area (Å²) in [6.45, 7) is 1.92. The van der Waals surface area contributed by atoms with Gasteiger partial charge in [-0.25, -0.2) is 0 Å². The molecule has 1 saturated carbocycles. The lowest BCUT2D eigenvalue weighted by molar-refractivity contribution is 0.0648. The van der Waals surface area contributed by atoms with Crippen LogP contribution < -0.4 is 0 Å². The minimum Gasteiger partial charge on any atom is -0.377 e. The Kier molecular flexibility index (Phi) is 3.61. The highest BCUT2D eigenvalue weighted by Gasteiger charge is 2.31. The molecule has 3 nitrogen and oxygen atoms in total. The van der Waals surface area contributed by atoms with Crippen molar-refractivity contribution in [1.29, 1.82) is 5.26 Å². The Morgan fingerprint density at radius 3 is 2.87 bits per heavy atom. The Hall–Kier alpha value is -0.590. The fourth-order valence-electron chi connectivity index (χ4n) is 2.86. The molecule has 0 radical (unpaired) electrons. The van der Waals surface area contributed by atoms with Crippen LogP contribution >= 0.6 is 0 Å². The predicted molar refractivity (Wildman–Crippen MR) is 58.3 cm³/mol. The van der Waals surface area contributed by atoms with Gasteiger partial charge in [0.25, 0.3) is 0 Å². The van der Waals surface area contributed by atoms with Gasteiger partial charge in [-0.05, 0) is 32.7 Å². The normalized spacial score (nSPS) is 35.9. The average molecular weight is 208 g/mol. The Balaban J connectivity index is 1.84. The van der Waals surface area contributed by atoms with Gasteiger partial charge in [-0.1, -0.05) is 6.42 Å². The van der Waals surface area contributed by atoms with E-state index in [0.717, 1.165) is 19.6 Å². The molecule has 2 rings (SSSR count). The maximum Gasteiger partial charge on any atom is 0.0702 e. The maximum atomic E-state index is 9.04. The van der Waals surface area contributed by atoms with Crippen LogP contribution in [-0.4, -0.2) is 37.2 Å². The highest BCUT2D eigenvalue weighted by atomic mass is 16.5. The molecule has 3 unspecified atom stereocenters. The molecule has 84 valence electrons. The van der Waals surface area contributed by atoms with Crippen LogP contribution in [0.1, 0.15) is 32.1 Å². The zero-order valence-electron chi connectivity index (χ0n) is 9.48. The first-order valence-corrected chi connectivity index (χ1v) is 6.02. The van der Waals surface area contributed by atoms with Gasteiger partial charge in [-0.2, -0.15) is 5.26 Å². The molecule has 1 aliphatic heterocycles. The highest BCUT2D eigenvalue weighted by Crippen LogP contribution is 2.29. The molecule has 1 aliphatic carbocycles. The van der Waals surface area contributed by atoms with Crippen LogP contribution in [0.25, 0.3) is 0 Å². The van der Waals surface area contributed by atoms with Crippen molar-refractivity contribution in [3.05, 3.63) is 0 Å². The van der Waals surface area contributed by atoms with Crippen molar-refractivity contribution >= 4 is 0 Å². The van der Waals surface area contributed by atoms with Gasteiger partial charge >= 0.3 is 0 Å². The summed E-state index contributed by atoms with van der Waals surface area (Å²) in [4.78, 5) is 2.34. The van der Waals surface area contributed by atoms with Crippen molar-refractivity contribution in [2.45, 2.75) is 44.2 Å². The number of nitriles is 1. The number of rotatable bonds is 3. The molecule has 0 bridgehead atoms. The Labute approximate surface area is 92.0 Å². The van der Waals surface area contributed by atoms with Gasteiger partial charge in [0, 0.05) is 19.2 Å². The van der Waals surface area contributed by atoms with Gasteiger partial charge in [0.05, 0.1) is 18.1 Å². The van der Waals surface area contributed by atoms with Crippen molar-refractivity contribution in [3.63, 3.8) is 0 Å². The molecular formula is C12H20N2O. The summed E-state index contributed by atoms with van der Waals surface area (Å²) in [6.07, 6.45) is 6.27. The average Bonchev–Trinajstić information content (AvgIpc) is 2.86. The molecule has 0 aromatic rings. The molecule has 3 atom stereocenters. The van der Waals surface area contributed by atoms with Gasteiger partial charge in [-0.3, -0.25) is 4.90 Å². The summed E-state index contributed by atoms with van der Waals surface area (Å²) in [7, 11) is 2.14. The van der Waals surface area contributed by atoms with Gasteiger partial charge < -0.3 is 4.74 Å². The Morgan fingerprint density at radius 2 is 2.20 bits per heavy atom. The summed E-state index contributed by atoms with van der Waals surface area (Å²) in [6, 6.07) is 2.91. The Bertz CT molecular complexity index is 242. The van der Waals surface area contributed by atoms with Crippen molar-refractivity contribution in [2.75, 3.05) is 20.2 Å². The van der Waals surface area contributed by atoms with Crippen LogP contribution in [0.2, 0.25) is 0 Å². The lowest BCUT2D eigenvalue weighted by Crippen LogP contribution is -2.39. The van der Waals surface area contributed by atoms with Gasteiger partial charge in [-0.15, -0.1) is 0 Å². The van der Waals surface area contributed by atoms with E-state index in [0.29, 0.717) is 12.1 Å². The second-order valence-corrected chi connectivity index (χ2v) is 4.81. The van der Waals surface area contributed by atoms with Crippen molar-refractivity contribution in [1.82, 2.24) is 4.90 Å². The van der Waals surface area contributed by atoms with E-state index in [2.05, 4.69) is 18.0 Å². The molecule has 15 heavy (non-hydrogen) atoms. The van der Waals surface area contributed by atoms with Crippen molar-refractivity contribution < 1.29 is 4.74 Å². The SMILES string of the molecule is CN(CC1CCCO1)C1CCCC1C#N. The minimum absolute atomic E-state index is 0.247. The number of hydrogen-bond donors (Lipinski definition) is 0. The lowest BCUT2D eigenvalue weighted by Gasteiger charge is -2.28. The molecule has 1 heterocycles. The molecule has 0 spiro atoms. The minimum atomic E-state index is 0.247. The van der Waals surface area contributed by atoms with Crippen LogP contribution in [0.3, 0.4) is 0 Å². The van der Waals surface area contributed by atoms with Crippen LogP contribution in [-0.2, 0) is 4.74 Å². The van der Waals surface area contributed by atoms with E-state index in [1.165, 1.54) is 25.7 Å². The summed E-state index contributed by atoms with van der Waals surface area (Å²) in [5.41, 5.74) is 0. The molecule has 3 heteroatoms. The largest absolute Gasteiger partial charge is 0.377 e. The first kappa shape index (κ1) is 10.9. The summed E-state index contributed by atoms with van der Waals surface area (Å²) in [5.74, 6) is 0.247. The number of nitrogens with zero attached hydrogens (tertiary/aromatic N) is 2. The number of likely N-dealkylation sites (N-methyl/N-ethyl adjacent to an activating group) is 1. The maximum absolute atomic E-state index is 9.04. The quantitative estimate of drug-likeness (QED) is 0.709. The highest BCUT2D eigenvalue weighted by molar-refractivity contribution is 4.97. The predicted octanol–water partition coefficient (Wildman–Crippen LogP) is 1.79. The monoisotopic (exact) mass is 208 g/mol. The van der Waals surface area contributed by atoms with Crippen LogP contribution in [0.15, 0.2) is 0 Å². The molecule has 2 fully saturated rings. The van der Waals surface area contributed by atoms with Gasteiger partial charge in [0.2, 0.25) is 0 Å². The molecule has 1 saturated heterocycles. The summed E-state index contributed by atoms with van der Waals surface area (Å²) in [5, 5.41) is 9.04. The summed E-state index contributed by atoms with van der Waals surface area (Å²) >= 11 is 0. The molecular weight excluding hydrogens is 188 g/mol. The third-order valence-corrected chi connectivity index (χ3v) is 3.73. The standard InChI is InChI=1S/C12H20N2O/c1-14(9-11-5-3-7-15-11)12-6-2-4-10(12)8-13/h10-12H,2-7,9H2,1H3. The molecule has 2 aliphatic rings. The second kappa shape index (κ2) is 4.96. The summed E-state index contributed by atoms with van der Waals surface area (Å²) < 4.78 is 5.63. The van der Waals surface area contributed by atoms with Gasteiger partial charge in [0.1, 0.15) is 0 Å². The first-order chi connectivity index (χ1) is 7.31. The van der Waals surface area contributed by atoms with E-state index in [1.807, 2.05) is 0 Å². The van der Waals surface area contributed by atoms with E-state index in [1.54, 1.807) is 0 Å². The van der Waals surface area contributed by atoms with E-state index < -0.39 is 0 Å². The number of hydrogen-bond acceptors (Lipinski definition) is 3. The Morgan fingerprint density at radius 1 is 1.33 bits per heavy atom. The van der Waals surface area contributed by atoms with Crippen molar-refractivity contribution in [2.24, 2.45) is 5.92 Å². The van der Waals surface area contributed by atoms with E-state index in [4.69, 9.17) is 10.00 Å². The third-order valence-electron chi connectivity index (χ3n) is 3.73. The van der Waals surface area contributed by atoms with E-state index >= 15 is 0 Å². The molecule has 0 aromatic heterocycles. The van der Waals surface area contributed by atoms with Gasteiger partial charge in [0.15, 0.2) is 0 Å². The lowest BCUT2D eigenvalue weighted by atomic mass is 10.0. The molecule has 0 N–H and O–H groups in total. The second-order valence-electron chi connectivity index (χ2n) is 4.81. The molecule has 0 amide bonds. The zero-order valence-corrected chi connectivity index (χ0v) is 9.48. The molecule has 0 aromatic carbocycles. The number of ether oxygens (including phenoxy) is 1. The topological polar surface area (TPSA) is 36.3 Å². The fraction of sp³-hybridized carbons (Fsp3) is 0.917. The van der Waals surface area contributed by atoms with Crippen molar-refractivity contribution in [3.8, 4) is 6.07 Å². The first-order valence-electron chi connectivity index (χ1n) is 6.02.